The first kappa shape index (κ1) is 20.0. The predicted molar refractivity (Wildman–Crippen MR) is 93.0 cm³/mol. The molecule has 0 spiro atoms. The third kappa shape index (κ3) is 5.79. The van der Waals surface area contributed by atoms with Crippen LogP contribution in [0, 0.1) is 0 Å². The minimum absolute atomic E-state index is 0. The number of hydrogen-bond acceptors (Lipinski definition) is 1. The summed E-state index contributed by atoms with van der Waals surface area (Å²) in [6.45, 7) is 11.5. The van der Waals surface area contributed by atoms with Crippen LogP contribution in [-0.4, -0.2) is 42.6 Å². The van der Waals surface area contributed by atoms with Crippen molar-refractivity contribution < 1.29 is 0 Å². The van der Waals surface area contributed by atoms with Gasteiger partial charge in [-0.05, 0) is 42.9 Å². The van der Waals surface area contributed by atoms with E-state index in [0.717, 1.165) is 0 Å². The molecule has 0 bridgehead atoms. The summed E-state index contributed by atoms with van der Waals surface area (Å²) < 4.78 is 0. The third-order valence-corrected chi connectivity index (χ3v) is 3.60. The summed E-state index contributed by atoms with van der Waals surface area (Å²) in [6.07, 6.45) is 7.36. The summed E-state index contributed by atoms with van der Waals surface area (Å²) in [5.74, 6) is 0. The molecule has 1 aromatic carbocycles. The van der Waals surface area contributed by atoms with E-state index in [4.69, 9.17) is 0 Å². The Morgan fingerprint density at radius 1 is 0.800 bits per heavy atom. The summed E-state index contributed by atoms with van der Waals surface area (Å²) in [5, 5.41) is 0. The van der Waals surface area contributed by atoms with Gasteiger partial charge in [-0.1, -0.05) is 52.7 Å². The Morgan fingerprint density at radius 2 is 1.40 bits per heavy atom. The molecule has 1 aromatic rings. The van der Waals surface area contributed by atoms with Crippen LogP contribution in [0.4, 0.5) is 5.69 Å². The Bertz CT molecular complexity index is 356. The van der Waals surface area contributed by atoms with Gasteiger partial charge in [0.15, 0.2) is 0 Å². The van der Waals surface area contributed by atoms with Crippen molar-refractivity contribution in [3.63, 3.8) is 0 Å². The van der Waals surface area contributed by atoms with E-state index in [1.54, 1.807) is 11.1 Å². The largest absolute Gasteiger partial charge is 0.371 e. The SMILES string of the molecule is CCCc1cccc(N(CCC)CCC)c1CCC.[Na]. The number of anilines is 1. The van der Waals surface area contributed by atoms with Crippen molar-refractivity contribution in [2.75, 3.05) is 18.0 Å². The Morgan fingerprint density at radius 3 is 1.90 bits per heavy atom. The predicted octanol–water partition coefficient (Wildman–Crippen LogP) is 4.84. The average molecular weight is 284 g/mol. The van der Waals surface area contributed by atoms with Crippen LogP contribution in [0.5, 0.6) is 0 Å². The number of benzene rings is 1. The van der Waals surface area contributed by atoms with E-state index in [2.05, 4.69) is 50.8 Å². The van der Waals surface area contributed by atoms with E-state index in [1.807, 2.05) is 0 Å². The van der Waals surface area contributed by atoms with Gasteiger partial charge in [0, 0.05) is 48.3 Å². The summed E-state index contributed by atoms with van der Waals surface area (Å²) >= 11 is 0. The van der Waals surface area contributed by atoms with Gasteiger partial charge in [-0.15, -0.1) is 0 Å². The van der Waals surface area contributed by atoms with Crippen LogP contribution in [0.15, 0.2) is 18.2 Å². The smallest absolute Gasteiger partial charge is 0.0401 e. The fourth-order valence-electron chi connectivity index (χ4n) is 2.85. The Balaban J connectivity index is 0.00000361. The third-order valence-electron chi connectivity index (χ3n) is 3.60. The van der Waals surface area contributed by atoms with Gasteiger partial charge in [0.1, 0.15) is 0 Å². The molecule has 0 aromatic heterocycles. The second-order valence-electron chi connectivity index (χ2n) is 5.40. The first-order chi connectivity index (χ1) is 9.28. The van der Waals surface area contributed by atoms with Gasteiger partial charge in [-0.25, -0.2) is 0 Å². The molecule has 0 heterocycles. The van der Waals surface area contributed by atoms with Crippen molar-refractivity contribution in [2.45, 2.75) is 66.2 Å². The Hall–Kier alpha value is 0.0200. The molecule has 0 fully saturated rings. The fraction of sp³-hybridized carbons (Fsp3) is 0.667. The normalized spacial score (nSPS) is 10.2. The van der Waals surface area contributed by atoms with E-state index < -0.39 is 0 Å². The van der Waals surface area contributed by atoms with Gasteiger partial charge in [0.25, 0.3) is 0 Å². The van der Waals surface area contributed by atoms with Gasteiger partial charge < -0.3 is 4.90 Å². The second kappa shape index (κ2) is 11.7. The van der Waals surface area contributed by atoms with Gasteiger partial charge in [-0.2, -0.15) is 0 Å². The summed E-state index contributed by atoms with van der Waals surface area (Å²) in [6, 6.07) is 6.90. The van der Waals surface area contributed by atoms with Gasteiger partial charge in [0.05, 0.1) is 0 Å². The number of hydrogen-bond donors (Lipinski definition) is 0. The molecule has 1 rings (SSSR count). The topological polar surface area (TPSA) is 3.24 Å². The molecule has 109 valence electrons. The van der Waals surface area contributed by atoms with Gasteiger partial charge in [-0.3, -0.25) is 0 Å². The first-order valence-corrected chi connectivity index (χ1v) is 8.14. The zero-order valence-electron chi connectivity index (χ0n) is 14.3. The molecule has 0 aliphatic rings. The number of rotatable bonds is 9. The maximum Gasteiger partial charge on any atom is 0.0401 e. The van der Waals surface area contributed by atoms with Crippen LogP contribution in [0.3, 0.4) is 0 Å². The van der Waals surface area contributed by atoms with Crippen molar-refractivity contribution in [1.82, 2.24) is 0 Å². The van der Waals surface area contributed by atoms with Crippen molar-refractivity contribution in [3.8, 4) is 0 Å². The minimum Gasteiger partial charge on any atom is -0.371 e. The molecule has 0 N–H and O–H groups in total. The summed E-state index contributed by atoms with van der Waals surface area (Å²) in [4.78, 5) is 2.59. The first-order valence-electron chi connectivity index (χ1n) is 8.14. The zero-order valence-corrected chi connectivity index (χ0v) is 16.3. The number of nitrogens with zero attached hydrogens (tertiary/aromatic N) is 1. The van der Waals surface area contributed by atoms with Crippen LogP contribution in [-0.2, 0) is 12.8 Å². The standard InChI is InChI=1S/C18H31N.Na/c1-5-10-16-12-9-13-18(17(16)11-6-2)19(14-7-3)15-8-4;/h9,12-13H,5-8,10-11,14-15H2,1-4H3;. The van der Waals surface area contributed by atoms with Gasteiger partial charge >= 0.3 is 0 Å². The second-order valence-corrected chi connectivity index (χ2v) is 5.40. The van der Waals surface area contributed by atoms with Gasteiger partial charge in [0.2, 0.25) is 0 Å². The van der Waals surface area contributed by atoms with Crippen molar-refractivity contribution in [3.05, 3.63) is 29.3 Å². The molecule has 1 nitrogen and oxygen atoms in total. The average Bonchev–Trinajstić information content (AvgIpc) is 2.41. The minimum atomic E-state index is 0. The summed E-state index contributed by atoms with van der Waals surface area (Å²) in [5.41, 5.74) is 4.67. The van der Waals surface area contributed by atoms with Crippen LogP contribution < -0.4 is 4.90 Å². The van der Waals surface area contributed by atoms with E-state index in [1.165, 1.54) is 57.3 Å². The molecule has 0 atom stereocenters. The molecule has 2 heteroatoms. The Kier molecular flexibility index (Phi) is 11.7. The molecule has 0 saturated carbocycles. The van der Waals surface area contributed by atoms with E-state index in [0.29, 0.717) is 0 Å². The molecular weight excluding hydrogens is 253 g/mol. The van der Waals surface area contributed by atoms with Crippen molar-refractivity contribution in [1.29, 1.82) is 0 Å². The van der Waals surface area contributed by atoms with E-state index in [9.17, 15) is 0 Å². The molecule has 20 heavy (non-hydrogen) atoms. The fourth-order valence-corrected chi connectivity index (χ4v) is 2.85. The van der Waals surface area contributed by atoms with Crippen LogP contribution in [0.1, 0.15) is 64.5 Å². The van der Waals surface area contributed by atoms with Crippen molar-refractivity contribution in [2.24, 2.45) is 0 Å². The molecule has 0 saturated heterocycles. The molecular formula is C18H31NNa. The quantitative estimate of drug-likeness (QED) is 0.587. The molecule has 0 amide bonds. The van der Waals surface area contributed by atoms with Crippen molar-refractivity contribution >= 4 is 35.2 Å². The summed E-state index contributed by atoms with van der Waals surface area (Å²) in [7, 11) is 0. The van der Waals surface area contributed by atoms with E-state index >= 15 is 0 Å². The van der Waals surface area contributed by atoms with E-state index in [-0.39, 0.29) is 29.6 Å². The zero-order chi connectivity index (χ0) is 14.1. The Labute approximate surface area is 148 Å². The number of aryl methyl sites for hydroxylation is 1. The molecule has 0 aliphatic heterocycles. The monoisotopic (exact) mass is 284 g/mol. The van der Waals surface area contributed by atoms with Crippen LogP contribution in [0.25, 0.3) is 0 Å². The molecule has 0 unspecified atom stereocenters. The molecule has 0 aliphatic carbocycles. The van der Waals surface area contributed by atoms with Crippen LogP contribution >= 0.6 is 0 Å². The maximum atomic E-state index is 2.59. The molecule has 1 radical (unpaired) electrons. The maximum absolute atomic E-state index is 2.59. The van der Waals surface area contributed by atoms with Crippen LogP contribution in [0.2, 0.25) is 0 Å².